The average molecular weight is 264 g/mol. The molecule has 1 heterocycles. The monoisotopic (exact) mass is 264 g/mol. The molecule has 4 nitrogen and oxygen atoms in total. The van der Waals surface area contributed by atoms with Crippen LogP contribution in [0.5, 0.6) is 5.75 Å². The third-order valence-corrected chi connectivity index (χ3v) is 2.80. The van der Waals surface area contributed by atoms with Gasteiger partial charge in [-0.3, -0.25) is 0 Å². The maximum atomic E-state index is 5.54. The summed E-state index contributed by atoms with van der Waals surface area (Å²) in [5.74, 6) is 0.885. The average Bonchev–Trinajstić information content (AvgIpc) is 2.83. The molecule has 106 valence electrons. The molecule has 0 amide bonds. The second-order valence-corrected chi connectivity index (χ2v) is 4.05. The first-order valence-electron chi connectivity index (χ1n) is 6.68. The van der Waals surface area contributed by atoms with Gasteiger partial charge in [-0.15, -0.1) is 0 Å². The summed E-state index contributed by atoms with van der Waals surface area (Å²) in [6, 6.07) is 6.01. The molecule has 0 saturated carbocycles. The van der Waals surface area contributed by atoms with Crippen LogP contribution in [0.2, 0.25) is 0 Å². The molecule has 2 rings (SSSR count). The van der Waals surface area contributed by atoms with Gasteiger partial charge >= 0.3 is 0 Å². The van der Waals surface area contributed by atoms with Crippen LogP contribution in [0, 0.1) is 0 Å². The van der Waals surface area contributed by atoms with Crippen molar-refractivity contribution >= 4 is 10.9 Å². The molecule has 0 radical (unpaired) electrons. The number of nitrogens with one attached hydrogen (secondary N) is 1. The minimum absolute atomic E-state index is 0.671. The van der Waals surface area contributed by atoms with E-state index in [2.05, 4.69) is 4.98 Å². The van der Waals surface area contributed by atoms with E-state index in [0.717, 1.165) is 30.9 Å². The number of nitrogens with two attached hydrogens (primary N) is 1. The molecule has 0 aliphatic carbocycles. The van der Waals surface area contributed by atoms with Crippen LogP contribution in [0.4, 0.5) is 0 Å². The van der Waals surface area contributed by atoms with Gasteiger partial charge in [-0.2, -0.15) is 0 Å². The third-order valence-electron chi connectivity index (χ3n) is 2.80. The standard InChI is InChI=1S/C11H14N2O.C4H10O/c1-14-9-2-3-11-10(6-9)8(4-5-12)7-13-11;1-3-5-4-2/h2-3,6-7,13H,4-5,12H2,1H3;3-4H2,1-2H3. The van der Waals surface area contributed by atoms with Gasteiger partial charge in [0.15, 0.2) is 0 Å². The summed E-state index contributed by atoms with van der Waals surface area (Å²) in [6.07, 6.45) is 2.91. The molecule has 0 aliphatic rings. The number of H-pyrrole nitrogens is 1. The fourth-order valence-corrected chi connectivity index (χ4v) is 1.85. The molecule has 0 fully saturated rings. The SMILES string of the molecule is CCOCC.COc1ccc2[nH]cc(CCN)c2c1. The normalized spacial score (nSPS) is 10.1. The van der Waals surface area contributed by atoms with Gasteiger partial charge in [-0.25, -0.2) is 0 Å². The topological polar surface area (TPSA) is 60.3 Å². The predicted octanol–water partition coefficient (Wildman–Crippen LogP) is 2.72. The Morgan fingerprint density at radius 1 is 1.21 bits per heavy atom. The number of fused-ring (bicyclic) bond motifs is 1. The number of rotatable bonds is 5. The lowest BCUT2D eigenvalue weighted by atomic mass is 10.1. The zero-order chi connectivity index (χ0) is 14.1. The Labute approximate surface area is 114 Å². The summed E-state index contributed by atoms with van der Waals surface area (Å²) < 4.78 is 10.0. The minimum atomic E-state index is 0.671. The highest BCUT2D eigenvalue weighted by molar-refractivity contribution is 5.84. The van der Waals surface area contributed by atoms with Crippen LogP contribution < -0.4 is 10.5 Å². The van der Waals surface area contributed by atoms with Crippen LogP contribution in [-0.4, -0.2) is 31.9 Å². The molecule has 2 aromatic rings. The van der Waals surface area contributed by atoms with E-state index in [1.54, 1.807) is 7.11 Å². The Kier molecular flexibility index (Phi) is 7.00. The Bertz CT molecular complexity index is 478. The third kappa shape index (κ3) is 4.58. The maximum Gasteiger partial charge on any atom is 0.119 e. The van der Waals surface area contributed by atoms with E-state index in [0.29, 0.717) is 6.54 Å². The first kappa shape index (κ1) is 15.5. The summed E-state index contributed by atoms with van der Waals surface area (Å²) in [5.41, 5.74) is 7.92. The van der Waals surface area contributed by atoms with Gasteiger partial charge in [0.2, 0.25) is 0 Å². The summed E-state index contributed by atoms with van der Waals surface area (Å²) in [7, 11) is 1.68. The van der Waals surface area contributed by atoms with Crippen molar-refractivity contribution in [1.29, 1.82) is 0 Å². The van der Waals surface area contributed by atoms with E-state index in [4.69, 9.17) is 15.2 Å². The van der Waals surface area contributed by atoms with Gasteiger partial charge in [-0.05, 0) is 50.6 Å². The van der Waals surface area contributed by atoms with Crippen molar-refractivity contribution in [2.75, 3.05) is 26.9 Å². The predicted molar refractivity (Wildman–Crippen MR) is 79.8 cm³/mol. The second kappa shape index (κ2) is 8.56. The van der Waals surface area contributed by atoms with Crippen molar-refractivity contribution in [2.45, 2.75) is 20.3 Å². The van der Waals surface area contributed by atoms with Crippen molar-refractivity contribution in [3.8, 4) is 5.75 Å². The lowest BCUT2D eigenvalue weighted by Crippen LogP contribution is -2.01. The fraction of sp³-hybridized carbons (Fsp3) is 0.467. The van der Waals surface area contributed by atoms with Gasteiger partial charge < -0.3 is 20.2 Å². The quantitative estimate of drug-likeness (QED) is 0.873. The summed E-state index contributed by atoms with van der Waals surface area (Å²) >= 11 is 0. The van der Waals surface area contributed by atoms with Crippen LogP contribution in [-0.2, 0) is 11.2 Å². The molecule has 19 heavy (non-hydrogen) atoms. The molecule has 1 aromatic heterocycles. The molecule has 0 aliphatic heterocycles. The number of ether oxygens (including phenoxy) is 2. The number of aromatic nitrogens is 1. The van der Waals surface area contributed by atoms with E-state index >= 15 is 0 Å². The van der Waals surface area contributed by atoms with Gasteiger partial charge in [0, 0.05) is 30.3 Å². The van der Waals surface area contributed by atoms with E-state index < -0.39 is 0 Å². The number of methoxy groups -OCH3 is 1. The summed E-state index contributed by atoms with van der Waals surface area (Å²) in [5, 5.41) is 1.20. The highest BCUT2D eigenvalue weighted by atomic mass is 16.5. The first-order chi connectivity index (χ1) is 9.26. The van der Waals surface area contributed by atoms with Crippen molar-refractivity contribution in [3.63, 3.8) is 0 Å². The molecular formula is C15H24N2O2. The fourth-order valence-electron chi connectivity index (χ4n) is 1.85. The van der Waals surface area contributed by atoms with Crippen molar-refractivity contribution < 1.29 is 9.47 Å². The summed E-state index contributed by atoms with van der Waals surface area (Å²) in [6.45, 7) is 6.34. The van der Waals surface area contributed by atoms with E-state index in [1.807, 2.05) is 38.2 Å². The van der Waals surface area contributed by atoms with Gasteiger partial charge in [0.05, 0.1) is 7.11 Å². The molecule has 0 atom stereocenters. The zero-order valence-corrected chi connectivity index (χ0v) is 12.0. The van der Waals surface area contributed by atoms with E-state index in [1.165, 1.54) is 10.9 Å². The minimum Gasteiger partial charge on any atom is -0.497 e. The number of hydrogen-bond donors (Lipinski definition) is 2. The molecule has 0 unspecified atom stereocenters. The van der Waals surface area contributed by atoms with Crippen molar-refractivity contribution in [3.05, 3.63) is 30.0 Å². The van der Waals surface area contributed by atoms with Crippen molar-refractivity contribution in [1.82, 2.24) is 4.98 Å². The number of benzene rings is 1. The summed E-state index contributed by atoms with van der Waals surface area (Å²) in [4.78, 5) is 3.21. The molecule has 4 heteroatoms. The number of aromatic amines is 1. The van der Waals surface area contributed by atoms with Gasteiger partial charge in [0.25, 0.3) is 0 Å². The smallest absolute Gasteiger partial charge is 0.119 e. The highest BCUT2D eigenvalue weighted by Crippen LogP contribution is 2.23. The molecule has 0 bridgehead atoms. The van der Waals surface area contributed by atoms with Crippen LogP contribution in [0.25, 0.3) is 10.9 Å². The van der Waals surface area contributed by atoms with Gasteiger partial charge in [-0.1, -0.05) is 0 Å². The van der Waals surface area contributed by atoms with Crippen LogP contribution >= 0.6 is 0 Å². The molecule has 3 N–H and O–H groups in total. The Hall–Kier alpha value is -1.52. The molecule has 0 spiro atoms. The van der Waals surface area contributed by atoms with Crippen molar-refractivity contribution in [2.24, 2.45) is 5.73 Å². The maximum absolute atomic E-state index is 5.54. The first-order valence-corrected chi connectivity index (χ1v) is 6.68. The lowest BCUT2D eigenvalue weighted by Gasteiger charge is -2.00. The Morgan fingerprint density at radius 2 is 1.95 bits per heavy atom. The second-order valence-electron chi connectivity index (χ2n) is 4.05. The van der Waals surface area contributed by atoms with Crippen LogP contribution in [0.1, 0.15) is 19.4 Å². The number of hydrogen-bond acceptors (Lipinski definition) is 3. The van der Waals surface area contributed by atoms with E-state index in [9.17, 15) is 0 Å². The van der Waals surface area contributed by atoms with Gasteiger partial charge in [0.1, 0.15) is 5.75 Å². The zero-order valence-electron chi connectivity index (χ0n) is 12.0. The lowest BCUT2D eigenvalue weighted by molar-refractivity contribution is 0.162. The largest absolute Gasteiger partial charge is 0.497 e. The molecular weight excluding hydrogens is 240 g/mol. The molecule has 1 aromatic carbocycles. The van der Waals surface area contributed by atoms with E-state index in [-0.39, 0.29) is 0 Å². The van der Waals surface area contributed by atoms with Crippen LogP contribution in [0.3, 0.4) is 0 Å². The molecule has 0 saturated heterocycles. The Balaban J connectivity index is 0.000000312. The highest BCUT2D eigenvalue weighted by Gasteiger charge is 2.03. The van der Waals surface area contributed by atoms with Crippen LogP contribution in [0.15, 0.2) is 24.4 Å². The Morgan fingerprint density at radius 3 is 2.47 bits per heavy atom.